The minimum atomic E-state index is -3.98. The highest BCUT2D eigenvalue weighted by molar-refractivity contribution is 7.92. The third-order valence-corrected chi connectivity index (χ3v) is 6.08. The molecule has 0 saturated heterocycles. The number of sulfonamides is 1. The van der Waals surface area contributed by atoms with Crippen LogP contribution in [0, 0.1) is 0 Å². The predicted octanol–water partition coefficient (Wildman–Crippen LogP) is 4.03. The summed E-state index contributed by atoms with van der Waals surface area (Å²) in [4.78, 5) is 14.1. The number of unbranched alkanes of at least 4 members (excludes halogenated alkanes) is 1. The SMILES string of the molecule is CCCCN(CCO)C(=O)c1cccc(NS(=O)(=O)c2cc(Cl)ccc2Cl)c1. The van der Waals surface area contributed by atoms with Crippen molar-refractivity contribution in [1.29, 1.82) is 0 Å². The van der Waals surface area contributed by atoms with Crippen LogP contribution in [0.3, 0.4) is 0 Å². The maximum atomic E-state index is 12.7. The average Bonchev–Trinajstić information content (AvgIpc) is 2.66. The second kappa shape index (κ2) is 10.1. The number of amides is 1. The van der Waals surface area contributed by atoms with Gasteiger partial charge in [0.2, 0.25) is 0 Å². The lowest BCUT2D eigenvalue weighted by atomic mass is 10.1. The molecular formula is C19H22Cl2N2O4S. The fourth-order valence-electron chi connectivity index (χ4n) is 2.58. The van der Waals surface area contributed by atoms with Crippen molar-refractivity contribution in [3.63, 3.8) is 0 Å². The second-order valence-electron chi connectivity index (χ2n) is 6.13. The number of carbonyl (C=O) groups is 1. The fraction of sp³-hybridized carbons (Fsp3) is 0.316. The zero-order valence-electron chi connectivity index (χ0n) is 15.4. The van der Waals surface area contributed by atoms with Gasteiger partial charge in [-0.2, -0.15) is 0 Å². The Hall–Kier alpha value is -1.80. The number of benzene rings is 2. The Morgan fingerprint density at radius 3 is 2.57 bits per heavy atom. The van der Waals surface area contributed by atoms with Crippen LogP contribution in [0.4, 0.5) is 5.69 Å². The molecule has 0 atom stereocenters. The van der Waals surface area contributed by atoms with Gasteiger partial charge in [0.25, 0.3) is 15.9 Å². The molecule has 2 aromatic rings. The number of nitrogens with one attached hydrogen (secondary N) is 1. The third-order valence-electron chi connectivity index (χ3n) is 3.98. The maximum absolute atomic E-state index is 12.7. The van der Waals surface area contributed by atoms with Crippen LogP contribution in [-0.4, -0.2) is 44.0 Å². The largest absolute Gasteiger partial charge is 0.395 e. The lowest BCUT2D eigenvalue weighted by Crippen LogP contribution is -2.34. The van der Waals surface area contributed by atoms with E-state index in [0.717, 1.165) is 12.8 Å². The first-order valence-corrected chi connectivity index (χ1v) is 11.0. The molecule has 0 spiro atoms. The summed E-state index contributed by atoms with van der Waals surface area (Å²) in [5.74, 6) is -0.274. The summed E-state index contributed by atoms with van der Waals surface area (Å²) in [5.41, 5.74) is 0.545. The summed E-state index contributed by atoms with van der Waals surface area (Å²) in [6.07, 6.45) is 1.72. The van der Waals surface area contributed by atoms with Crippen LogP contribution in [0.15, 0.2) is 47.4 Å². The number of rotatable bonds is 9. The molecule has 0 bridgehead atoms. The number of anilines is 1. The van der Waals surface area contributed by atoms with Crippen LogP contribution < -0.4 is 4.72 Å². The van der Waals surface area contributed by atoms with Crippen LogP contribution in [0.5, 0.6) is 0 Å². The molecule has 0 fully saturated rings. The van der Waals surface area contributed by atoms with E-state index in [1.807, 2.05) is 6.92 Å². The van der Waals surface area contributed by atoms with Crippen molar-refractivity contribution in [2.75, 3.05) is 24.4 Å². The number of aliphatic hydroxyl groups is 1. The smallest absolute Gasteiger partial charge is 0.263 e. The molecule has 0 radical (unpaired) electrons. The van der Waals surface area contributed by atoms with Gasteiger partial charge in [-0.25, -0.2) is 8.42 Å². The molecule has 0 saturated carbocycles. The lowest BCUT2D eigenvalue weighted by molar-refractivity contribution is 0.0719. The Balaban J connectivity index is 2.27. The molecule has 0 aliphatic heterocycles. The van der Waals surface area contributed by atoms with E-state index in [-0.39, 0.29) is 39.7 Å². The topological polar surface area (TPSA) is 86.7 Å². The van der Waals surface area contributed by atoms with Crippen LogP contribution in [0.1, 0.15) is 30.1 Å². The third kappa shape index (κ3) is 5.85. The van der Waals surface area contributed by atoms with Crippen molar-refractivity contribution in [2.45, 2.75) is 24.7 Å². The number of carbonyl (C=O) groups excluding carboxylic acids is 1. The first kappa shape index (κ1) is 22.5. The van der Waals surface area contributed by atoms with E-state index in [4.69, 9.17) is 23.2 Å². The zero-order valence-corrected chi connectivity index (χ0v) is 17.7. The van der Waals surface area contributed by atoms with Crippen molar-refractivity contribution in [3.05, 3.63) is 58.1 Å². The van der Waals surface area contributed by atoms with Gasteiger partial charge in [0.15, 0.2) is 0 Å². The minimum absolute atomic E-state index is 0.0396. The van der Waals surface area contributed by atoms with Gasteiger partial charge in [-0.05, 0) is 42.8 Å². The van der Waals surface area contributed by atoms with Crippen molar-refractivity contribution in [3.8, 4) is 0 Å². The molecule has 0 unspecified atom stereocenters. The van der Waals surface area contributed by atoms with Crippen LogP contribution >= 0.6 is 23.2 Å². The van der Waals surface area contributed by atoms with Crippen molar-refractivity contribution >= 4 is 44.8 Å². The molecule has 0 heterocycles. The minimum Gasteiger partial charge on any atom is -0.395 e. The molecule has 2 rings (SSSR count). The summed E-state index contributed by atoms with van der Waals surface area (Å²) < 4.78 is 27.7. The molecule has 0 aromatic heterocycles. The Labute approximate surface area is 175 Å². The van der Waals surface area contributed by atoms with Crippen molar-refractivity contribution < 1.29 is 18.3 Å². The summed E-state index contributed by atoms with van der Waals surface area (Å²) in [5, 5.41) is 9.48. The van der Waals surface area contributed by atoms with Gasteiger partial charge in [-0.15, -0.1) is 0 Å². The predicted molar refractivity (Wildman–Crippen MR) is 112 cm³/mol. The normalized spacial score (nSPS) is 11.3. The Kier molecular flexibility index (Phi) is 8.12. The Bertz CT molecular complexity index is 935. The van der Waals surface area contributed by atoms with Gasteiger partial charge in [0.1, 0.15) is 4.90 Å². The van der Waals surface area contributed by atoms with Gasteiger partial charge >= 0.3 is 0 Å². The van der Waals surface area contributed by atoms with E-state index in [0.29, 0.717) is 12.1 Å². The van der Waals surface area contributed by atoms with E-state index in [1.165, 1.54) is 30.3 Å². The number of halogens is 2. The molecule has 152 valence electrons. The van der Waals surface area contributed by atoms with Crippen molar-refractivity contribution in [2.24, 2.45) is 0 Å². The van der Waals surface area contributed by atoms with Crippen molar-refractivity contribution in [1.82, 2.24) is 4.90 Å². The zero-order chi connectivity index (χ0) is 20.7. The first-order chi connectivity index (χ1) is 13.3. The number of hydrogen-bond acceptors (Lipinski definition) is 4. The number of nitrogens with zero attached hydrogens (tertiary/aromatic N) is 1. The van der Waals surface area contributed by atoms with Gasteiger partial charge in [0, 0.05) is 29.4 Å². The molecule has 2 aromatic carbocycles. The highest BCUT2D eigenvalue weighted by Crippen LogP contribution is 2.27. The number of hydrogen-bond donors (Lipinski definition) is 2. The van der Waals surface area contributed by atoms with Crippen LogP contribution in [0.25, 0.3) is 0 Å². The molecular weight excluding hydrogens is 423 g/mol. The average molecular weight is 445 g/mol. The molecule has 6 nitrogen and oxygen atoms in total. The van der Waals surface area contributed by atoms with Crippen LogP contribution in [0.2, 0.25) is 10.0 Å². The van der Waals surface area contributed by atoms with E-state index in [9.17, 15) is 18.3 Å². The summed E-state index contributed by atoms with van der Waals surface area (Å²) in [6, 6.07) is 10.3. The Morgan fingerprint density at radius 2 is 1.89 bits per heavy atom. The highest BCUT2D eigenvalue weighted by atomic mass is 35.5. The van der Waals surface area contributed by atoms with E-state index in [2.05, 4.69) is 4.72 Å². The standard InChI is InChI=1S/C19H22Cl2N2O4S/c1-2-3-9-23(10-11-24)19(25)14-5-4-6-16(12-14)22-28(26,27)18-13-15(20)7-8-17(18)21/h4-8,12-13,22,24H,2-3,9-11H2,1H3. The monoisotopic (exact) mass is 444 g/mol. The summed E-state index contributed by atoms with van der Waals surface area (Å²) in [6.45, 7) is 2.60. The molecule has 2 N–H and O–H groups in total. The van der Waals surface area contributed by atoms with Gasteiger partial charge in [0.05, 0.1) is 11.6 Å². The first-order valence-electron chi connectivity index (χ1n) is 8.76. The van der Waals surface area contributed by atoms with E-state index in [1.54, 1.807) is 17.0 Å². The van der Waals surface area contributed by atoms with Gasteiger partial charge in [-0.1, -0.05) is 42.6 Å². The summed E-state index contributed by atoms with van der Waals surface area (Å²) in [7, 11) is -3.98. The lowest BCUT2D eigenvalue weighted by Gasteiger charge is -2.22. The maximum Gasteiger partial charge on any atom is 0.263 e. The molecule has 9 heteroatoms. The number of aliphatic hydroxyl groups excluding tert-OH is 1. The molecule has 0 aliphatic carbocycles. The summed E-state index contributed by atoms with van der Waals surface area (Å²) >= 11 is 11.9. The quantitative estimate of drug-likeness (QED) is 0.610. The van der Waals surface area contributed by atoms with Crippen LogP contribution in [-0.2, 0) is 10.0 Å². The van der Waals surface area contributed by atoms with E-state index >= 15 is 0 Å². The van der Waals surface area contributed by atoms with Gasteiger partial charge in [-0.3, -0.25) is 9.52 Å². The van der Waals surface area contributed by atoms with Gasteiger partial charge < -0.3 is 10.0 Å². The Morgan fingerprint density at radius 1 is 1.14 bits per heavy atom. The fourth-order valence-corrected chi connectivity index (χ4v) is 4.39. The molecule has 0 aliphatic rings. The second-order valence-corrected chi connectivity index (χ2v) is 8.62. The molecule has 28 heavy (non-hydrogen) atoms. The molecule has 1 amide bonds. The highest BCUT2D eigenvalue weighted by Gasteiger charge is 2.20. The van der Waals surface area contributed by atoms with E-state index < -0.39 is 10.0 Å².